The molecular formula is C27H43BrN2O6. The first-order chi connectivity index (χ1) is 16.7. The minimum absolute atomic E-state index is 0.0421. The van der Waals surface area contributed by atoms with Gasteiger partial charge in [-0.15, -0.1) is 6.58 Å². The van der Waals surface area contributed by atoms with Gasteiger partial charge in [0.25, 0.3) is 0 Å². The number of aliphatic carboxylic acids is 1. The van der Waals surface area contributed by atoms with E-state index in [9.17, 15) is 19.5 Å². The molecule has 8 nitrogen and oxygen atoms in total. The van der Waals surface area contributed by atoms with Crippen LogP contribution in [0.25, 0.3) is 0 Å². The highest BCUT2D eigenvalue weighted by Gasteiger charge is 2.77. The molecule has 0 aliphatic carbocycles. The topological polar surface area (TPSA) is 107 Å². The molecule has 6 atom stereocenters. The Morgan fingerprint density at radius 3 is 2.42 bits per heavy atom. The molecule has 0 aromatic carbocycles. The summed E-state index contributed by atoms with van der Waals surface area (Å²) < 4.78 is 6.39. The third kappa shape index (κ3) is 5.25. The van der Waals surface area contributed by atoms with E-state index in [-0.39, 0.29) is 28.7 Å². The van der Waals surface area contributed by atoms with E-state index in [2.05, 4.69) is 43.3 Å². The molecule has 1 spiro atoms. The normalized spacial score (nSPS) is 31.6. The maximum absolute atomic E-state index is 14.5. The van der Waals surface area contributed by atoms with Gasteiger partial charge in [0, 0.05) is 30.1 Å². The first-order valence-electron chi connectivity index (χ1n) is 13.1. The molecule has 3 unspecified atom stereocenters. The second kappa shape index (κ2) is 10.7. The Labute approximate surface area is 223 Å². The fourth-order valence-corrected chi connectivity index (χ4v) is 7.93. The van der Waals surface area contributed by atoms with Crippen LogP contribution in [-0.2, 0) is 19.1 Å². The summed E-state index contributed by atoms with van der Waals surface area (Å²) in [6, 6.07) is -0.888. The van der Waals surface area contributed by atoms with Gasteiger partial charge < -0.3 is 24.7 Å². The molecule has 3 aliphatic heterocycles. The molecule has 9 heteroatoms. The third-order valence-electron chi connectivity index (χ3n) is 7.89. The standard InChI is InChI=1S/C27H43BrN2O6/c1-7-12-30(26(5,6)16-25(2,3)4)23(33)21-27-15-17(28)20(36-27)18(24(34)35)19(27)22(32)29(21)13-10-8-9-11-14-31/h7,17-21,31H,1,8-16H2,2-6H3,(H,34,35)/t17?,18-,19-,20-,21?,27?/m0/s1. The zero-order valence-corrected chi connectivity index (χ0v) is 23.9. The quantitative estimate of drug-likeness (QED) is 0.211. The lowest BCUT2D eigenvalue weighted by Crippen LogP contribution is -2.61. The molecule has 2 N–H and O–H groups in total. The number of hydrogen-bond acceptors (Lipinski definition) is 5. The summed E-state index contributed by atoms with van der Waals surface area (Å²) in [4.78, 5) is 43.7. The monoisotopic (exact) mass is 570 g/mol. The summed E-state index contributed by atoms with van der Waals surface area (Å²) in [5, 5.41) is 19.1. The van der Waals surface area contributed by atoms with Crippen LogP contribution in [0.3, 0.4) is 0 Å². The SMILES string of the molecule is C=CCN(C(=O)C1N(CCCCCCO)C(=O)[C@@H]2[C@H](C(=O)O)[C@H]3OC12CC3Br)C(C)(C)CC(C)(C)C. The number of fused-ring (bicyclic) bond motifs is 1. The van der Waals surface area contributed by atoms with Gasteiger partial charge in [-0.25, -0.2) is 0 Å². The Hall–Kier alpha value is -1.45. The van der Waals surface area contributed by atoms with Crippen molar-refractivity contribution in [3.8, 4) is 0 Å². The van der Waals surface area contributed by atoms with Gasteiger partial charge in [-0.3, -0.25) is 14.4 Å². The number of ether oxygens (including phenoxy) is 1. The molecule has 0 saturated carbocycles. The average Bonchev–Trinajstić information content (AvgIpc) is 3.33. The maximum atomic E-state index is 14.5. The van der Waals surface area contributed by atoms with E-state index in [4.69, 9.17) is 9.84 Å². The van der Waals surface area contributed by atoms with Crippen molar-refractivity contribution in [1.82, 2.24) is 9.80 Å². The van der Waals surface area contributed by atoms with E-state index in [1.54, 1.807) is 15.9 Å². The highest BCUT2D eigenvalue weighted by molar-refractivity contribution is 9.09. The molecule has 0 radical (unpaired) electrons. The number of halogens is 1. The molecule has 2 amide bonds. The van der Waals surface area contributed by atoms with Gasteiger partial charge in [0.05, 0.1) is 17.9 Å². The number of likely N-dealkylation sites (tertiary alicyclic amines) is 1. The van der Waals surface area contributed by atoms with Gasteiger partial charge in [-0.2, -0.15) is 0 Å². The van der Waals surface area contributed by atoms with Gasteiger partial charge >= 0.3 is 5.97 Å². The van der Waals surface area contributed by atoms with Crippen LogP contribution in [0, 0.1) is 17.3 Å². The second-order valence-electron chi connectivity index (χ2n) is 12.5. The Morgan fingerprint density at radius 1 is 1.22 bits per heavy atom. The Balaban J connectivity index is 2.02. The molecule has 0 aromatic rings. The number of carboxylic acid groups (broad SMARTS) is 1. The van der Waals surface area contributed by atoms with Crippen LogP contribution >= 0.6 is 15.9 Å². The molecule has 3 aliphatic rings. The van der Waals surface area contributed by atoms with Crippen molar-refractivity contribution in [1.29, 1.82) is 0 Å². The van der Waals surface area contributed by atoms with Crippen molar-refractivity contribution in [3.63, 3.8) is 0 Å². The molecule has 0 aromatic heterocycles. The van der Waals surface area contributed by atoms with Gasteiger partial charge in [0.15, 0.2) is 0 Å². The van der Waals surface area contributed by atoms with Crippen LogP contribution in [0.5, 0.6) is 0 Å². The predicted octanol–water partition coefficient (Wildman–Crippen LogP) is 3.60. The number of carbonyl (C=O) groups excluding carboxylic acids is 2. The minimum atomic E-state index is -1.17. The van der Waals surface area contributed by atoms with E-state index < -0.39 is 41.1 Å². The number of unbranched alkanes of at least 4 members (excludes halogenated alkanes) is 3. The fourth-order valence-electron chi connectivity index (χ4n) is 6.98. The van der Waals surface area contributed by atoms with Crippen LogP contribution in [0.4, 0.5) is 0 Å². The number of carbonyl (C=O) groups is 3. The Kier molecular flexibility index (Phi) is 8.68. The second-order valence-corrected chi connectivity index (χ2v) is 13.6. The Bertz CT molecular complexity index is 871. The largest absolute Gasteiger partial charge is 0.481 e. The van der Waals surface area contributed by atoms with E-state index in [0.717, 1.165) is 19.3 Å². The summed E-state index contributed by atoms with van der Waals surface area (Å²) in [6.07, 6.45) is 5.20. The van der Waals surface area contributed by atoms with E-state index in [1.807, 2.05) is 13.8 Å². The van der Waals surface area contributed by atoms with Crippen LogP contribution in [0.15, 0.2) is 12.7 Å². The smallest absolute Gasteiger partial charge is 0.310 e. The highest BCUT2D eigenvalue weighted by Crippen LogP contribution is 2.60. The Morgan fingerprint density at radius 2 is 1.86 bits per heavy atom. The fraction of sp³-hybridized carbons (Fsp3) is 0.815. The molecule has 3 rings (SSSR count). The van der Waals surface area contributed by atoms with Crippen LogP contribution < -0.4 is 0 Å². The predicted molar refractivity (Wildman–Crippen MR) is 141 cm³/mol. The van der Waals surface area contributed by atoms with E-state index >= 15 is 0 Å². The molecule has 3 saturated heterocycles. The number of alkyl halides is 1. The van der Waals surface area contributed by atoms with Crippen LogP contribution in [-0.4, -0.2) is 85.6 Å². The summed E-state index contributed by atoms with van der Waals surface area (Å²) in [5.41, 5.74) is -1.73. The summed E-state index contributed by atoms with van der Waals surface area (Å²) in [7, 11) is 0. The molecule has 2 bridgehead atoms. The lowest BCUT2D eigenvalue weighted by molar-refractivity contribution is -0.153. The number of aliphatic hydroxyl groups is 1. The maximum Gasteiger partial charge on any atom is 0.310 e. The summed E-state index contributed by atoms with van der Waals surface area (Å²) in [5.74, 6) is -3.42. The van der Waals surface area contributed by atoms with Crippen molar-refractivity contribution in [3.05, 3.63) is 12.7 Å². The first-order valence-corrected chi connectivity index (χ1v) is 14.0. The van der Waals surface area contributed by atoms with Crippen LogP contribution in [0.1, 0.15) is 73.1 Å². The number of nitrogens with zero attached hydrogens (tertiary/aromatic N) is 2. The lowest BCUT2D eigenvalue weighted by atomic mass is 9.70. The van der Waals surface area contributed by atoms with Gasteiger partial charge in [-0.1, -0.05) is 55.6 Å². The number of carboxylic acids is 1. The van der Waals surface area contributed by atoms with Crippen molar-refractivity contribution < 1.29 is 29.3 Å². The third-order valence-corrected chi connectivity index (χ3v) is 8.73. The number of amides is 2. The number of aliphatic hydroxyl groups excluding tert-OH is 1. The summed E-state index contributed by atoms with van der Waals surface area (Å²) in [6.45, 7) is 15.1. The summed E-state index contributed by atoms with van der Waals surface area (Å²) >= 11 is 3.60. The number of hydrogen-bond donors (Lipinski definition) is 2. The van der Waals surface area contributed by atoms with Crippen molar-refractivity contribution in [2.45, 2.75) is 101 Å². The van der Waals surface area contributed by atoms with Gasteiger partial charge in [-0.05, 0) is 44.9 Å². The van der Waals surface area contributed by atoms with Crippen molar-refractivity contribution in [2.24, 2.45) is 17.3 Å². The zero-order valence-electron chi connectivity index (χ0n) is 22.3. The lowest BCUT2D eigenvalue weighted by Gasteiger charge is -2.45. The van der Waals surface area contributed by atoms with Gasteiger partial charge in [0.2, 0.25) is 11.8 Å². The molecule has 36 heavy (non-hydrogen) atoms. The van der Waals surface area contributed by atoms with Crippen LogP contribution in [0.2, 0.25) is 0 Å². The first kappa shape index (κ1) is 29.1. The molecular weight excluding hydrogens is 528 g/mol. The van der Waals surface area contributed by atoms with E-state index in [0.29, 0.717) is 32.4 Å². The average molecular weight is 572 g/mol. The van der Waals surface area contributed by atoms with Crippen molar-refractivity contribution >= 4 is 33.7 Å². The highest BCUT2D eigenvalue weighted by atomic mass is 79.9. The number of rotatable bonds is 12. The van der Waals surface area contributed by atoms with Crippen molar-refractivity contribution in [2.75, 3.05) is 19.7 Å². The van der Waals surface area contributed by atoms with Gasteiger partial charge in [0.1, 0.15) is 11.6 Å². The minimum Gasteiger partial charge on any atom is -0.481 e. The zero-order chi connectivity index (χ0) is 27.1. The molecule has 3 fully saturated rings. The molecule has 3 heterocycles. The van der Waals surface area contributed by atoms with E-state index in [1.165, 1.54) is 0 Å². The molecule has 204 valence electrons.